The molecule has 4 aliphatic heterocycles. The second-order valence-electron chi connectivity index (χ2n) is 8.14. The summed E-state index contributed by atoms with van der Waals surface area (Å²) in [6.07, 6.45) is 8.62. The Morgan fingerprint density at radius 1 is 0.486 bits per heavy atom. The molecule has 5 heteroatoms. The maximum atomic E-state index is 4.98. The lowest BCUT2D eigenvalue weighted by atomic mass is 10.1. The van der Waals surface area contributed by atoms with Gasteiger partial charge in [-0.15, -0.1) is 0 Å². The molecule has 0 N–H and O–H groups in total. The van der Waals surface area contributed by atoms with Gasteiger partial charge < -0.3 is 7.10 Å². The average Bonchev–Trinajstić information content (AvgIpc) is 3.77. The lowest BCUT2D eigenvalue weighted by Gasteiger charge is -2.19. The summed E-state index contributed by atoms with van der Waals surface area (Å²) in [4.78, 5) is 9.95. The van der Waals surface area contributed by atoms with Crippen LogP contribution in [0.2, 0.25) is 0 Å². The van der Waals surface area contributed by atoms with Gasteiger partial charge in [0.15, 0.2) is 0 Å². The fourth-order valence-electron chi connectivity index (χ4n) is 4.78. The summed E-state index contributed by atoms with van der Waals surface area (Å²) in [7, 11) is 0. The van der Waals surface area contributed by atoms with Crippen LogP contribution >= 0.6 is 0 Å². The predicted octanol–water partition coefficient (Wildman–Crippen LogP) is 6.91. The van der Waals surface area contributed by atoms with E-state index in [-0.39, 0.29) is 0 Å². The van der Waals surface area contributed by atoms with Gasteiger partial charge in [0, 0.05) is 22.1 Å². The number of allylic oxidation sites excluding steroid dienone is 6. The van der Waals surface area contributed by atoms with Crippen molar-refractivity contribution in [2.75, 3.05) is 0 Å². The van der Waals surface area contributed by atoms with Gasteiger partial charge in [-0.1, -0.05) is 55.4 Å². The van der Waals surface area contributed by atoms with Crippen LogP contribution in [0.5, 0.6) is 0 Å². The van der Waals surface area contributed by atoms with Gasteiger partial charge in [0.25, 0.3) is 0 Å². The summed E-state index contributed by atoms with van der Waals surface area (Å²) in [6.45, 7) is 24.8. The molecule has 6 heterocycles. The molecule has 6 bridgehead atoms. The number of rotatable bonds is 0. The second-order valence-corrected chi connectivity index (χ2v) is 9.68. The third-order valence-corrected chi connectivity index (χ3v) is 8.53. The van der Waals surface area contributed by atoms with E-state index in [1.807, 2.05) is 55.4 Å². The highest BCUT2D eigenvalue weighted by molar-refractivity contribution is 6.35. The SMILES string of the molecule is CC.CC.CC.CC.CC1=C2C=CC(=N2)C(C)=c2ccc3[n]2[AlH][n]2c1ccc2C(C)=C1C=CC(=N1)C=3C. The lowest BCUT2D eigenvalue weighted by Crippen LogP contribution is -2.39. The van der Waals surface area contributed by atoms with Crippen LogP contribution in [0.1, 0.15) is 94.5 Å². The van der Waals surface area contributed by atoms with Crippen LogP contribution in [0.4, 0.5) is 0 Å². The van der Waals surface area contributed by atoms with Crippen LogP contribution in [0.15, 0.2) is 69.9 Å². The minimum atomic E-state index is -0.865. The molecule has 0 fully saturated rings. The molecule has 0 saturated carbocycles. The largest absolute Gasteiger partial charge is 0.558 e. The maximum Gasteiger partial charge on any atom is 0.558 e. The van der Waals surface area contributed by atoms with Gasteiger partial charge in [-0.2, -0.15) is 0 Å². The van der Waals surface area contributed by atoms with Crippen molar-refractivity contribution in [2.24, 2.45) is 9.98 Å². The van der Waals surface area contributed by atoms with Gasteiger partial charge in [0.2, 0.25) is 0 Å². The van der Waals surface area contributed by atoms with Crippen molar-refractivity contribution in [3.8, 4) is 0 Å². The van der Waals surface area contributed by atoms with E-state index in [4.69, 9.17) is 9.98 Å². The molecule has 0 atom stereocenters. The third-order valence-electron chi connectivity index (χ3n) is 6.60. The van der Waals surface area contributed by atoms with E-state index >= 15 is 0 Å². The average molecular weight is 513 g/mol. The summed E-state index contributed by atoms with van der Waals surface area (Å²) in [5, 5.41) is 2.54. The molecule has 0 amide bonds. The Kier molecular flexibility index (Phi) is 11.2. The minimum Gasteiger partial charge on any atom is -0.418 e. The molecule has 4 aliphatic rings. The van der Waals surface area contributed by atoms with E-state index in [1.165, 1.54) is 44.4 Å². The molecular formula is C32H45AlN4. The standard InChI is InChI=1S/C24H20N4.4C2H6.Al.H/c1-13-17-5-7-19(25-17)14(2)21-9-11-23(27-21)16(4)24-12-10-22(28-24)15(3)20-8-6-18(13)26-20;4*1-2;;/h5-12H,1-4H3;4*1-2H3;;/q-2;;;;;+2;. The lowest BCUT2D eigenvalue weighted by molar-refractivity contribution is 1.02. The fourth-order valence-corrected chi connectivity index (χ4v) is 7.04. The number of hydrogen-bond acceptors (Lipinski definition) is 2. The smallest absolute Gasteiger partial charge is 0.418 e. The molecule has 2 aromatic rings. The van der Waals surface area contributed by atoms with Crippen molar-refractivity contribution in [2.45, 2.75) is 83.1 Å². The van der Waals surface area contributed by atoms with Gasteiger partial charge in [-0.3, -0.25) is 0 Å². The maximum absolute atomic E-state index is 4.98. The van der Waals surface area contributed by atoms with Crippen LogP contribution < -0.4 is 10.7 Å². The molecular weight excluding hydrogens is 467 g/mol. The number of hydrogen-bond donors (Lipinski definition) is 0. The van der Waals surface area contributed by atoms with Gasteiger partial charge in [-0.25, -0.2) is 9.98 Å². The first-order chi connectivity index (χ1) is 18.0. The van der Waals surface area contributed by atoms with E-state index in [0.29, 0.717) is 0 Å². The van der Waals surface area contributed by atoms with Crippen LogP contribution in [0.3, 0.4) is 0 Å². The van der Waals surface area contributed by atoms with E-state index < -0.39 is 15.7 Å². The summed E-state index contributed by atoms with van der Waals surface area (Å²) in [5.41, 5.74) is 11.8. The van der Waals surface area contributed by atoms with Crippen LogP contribution in [0.25, 0.3) is 22.3 Å². The molecule has 0 aliphatic carbocycles. The zero-order chi connectivity index (χ0) is 27.9. The van der Waals surface area contributed by atoms with E-state index in [9.17, 15) is 0 Å². The van der Waals surface area contributed by atoms with Gasteiger partial charge >= 0.3 is 15.7 Å². The fraction of sp³-hybridized carbons (Fsp3) is 0.375. The third kappa shape index (κ3) is 5.40. The Bertz CT molecular complexity index is 1340. The normalized spacial score (nSPS) is 15.6. The summed E-state index contributed by atoms with van der Waals surface area (Å²) >= 11 is -0.865. The Morgan fingerprint density at radius 2 is 0.865 bits per heavy atom. The molecule has 0 spiro atoms. The Hall–Kier alpha value is -2.87. The quantitative estimate of drug-likeness (QED) is 0.344. The van der Waals surface area contributed by atoms with Gasteiger partial charge in [0.1, 0.15) is 0 Å². The number of nitrogens with zero attached hydrogens (tertiary/aromatic N) is 4. The number of aromatic nitrogens is 2. The summed E-state index contributed by atoms with van der Waals surface area (Å²) in [5.74, 6) is 0. The monoisotopic (exact) mass is 512 g/mol. The van der Waals surface area contributed by atoms with Gasteiger partial charge in [-0.05, 0) is 98.6 Å². The van der Waals surface area contributed by atoms with Crippen molar-refractivity contribution in [1.29, 1.82) is 0 Å². The van der Waals surface area contributed by atoms with Crippen molar-refractivity contribution < 1.29 is 0 Å². The first-order valence-electron chi connectivity index (χ1n) is 14.1. The highest BCUT2D eigenvalue weighted by atomic mass is 27.1. The topological polar surface area (TPSA) is 34.6 Å². The highest BCUT2D eigenvalue weighted by Crippen LogP contribution is 2.31. The van der Waals surface area contributed by atoms with Gasteiger partial charge in [0.05, 0.1) is 22.8 Å². The molecule has 0 saturated heterocycles. The molecule has 2 aromatic heterocycles. The van der Waals surface area contributed by atoms with E-state index in [0.717, 1.165) is 22.8 Å². The van der Waals surface area contributed by atoms with Crippen LogP contribution in [0, 0.1) is 0 Å². The molecule has 37 heavy (non-hydrogen) atoms. The van der Waals surface area contributed by atoms with Crippen LogP contribution in [-0.2, 0) is 0 Å². The van der Waals surface area contributed by atoms with Crippen molar-refractivity contribution in [3.05, 3.63) is 82.0 Å². The minimum absolute atomic E-state index is 0.865. The Balaban J connectivity index is 0.000000553. The molecule has 196 valence electrons. The second kappa shape index (κ2) is 13.6. The molecule has 4 nitrogen and oxygen atoms in total. The Labute approximate surface area is 231 Å². The van der Waals surface area contributed by atoms with Crippen molar-refractivity contribution in [3.63, 3.8) is 0 Å². The van der Waals surface area contributed by atoms with Crippen LogP contribution in [-0.4, -0.2) is 34.2 Å². The molecule has 0 unspecified atom stereocenters. The predicted molar refractivity (Wildman–Crippen MR) is 168 cm³/mol. The first-order valence-corrected chi connectivity index (χ1v) is 15.3. The highest BCUT2D eigenvalue weighted by Gasteiger charge is 2.23. The molecule has 6 rings (SSSR count). The zero-order valence-corrected chi connectivity index (χ0v) is 26.5. The molecule has 0 aromatic carbocycles. The number of aliphatic imine (C=N–C) groups is 2. The summed E-state index contributed by atoms with van der Waals surface area (Å²) < 4.78 is 5.11. The molecule has 0 radical (unpaired) electrons. The Morgan fingerprint density at radius 3 is 1.24 bits per heavy atom. The van der Waals surface area contributed by atoms with Crippen molar-refractivity contribution >= 4 is 49.4 Å². The van der Waals surface area contributed by atoms with E-state index in [2.05, 4.69) is 83.4 Å². The zero-order valence-electron chi connectivity index (χ0n) is 25.1. The first kappa shape index (κ1) is 30.4. The van der Waals surface area contributed by atoms with E-state index in [1.54, 1.807) is 0 Å². The number of fused-ring (bicyclic) bond motifs is 2. The van der Waals surface area contributed by atoms with Crippen molar-refractivity contribution in [1.82, 2.24) is 7.10 Å². The summed E-state index contributed by atoms with van der Waals surface area (Å²) in [6, 6.07) is 9.04.